The summed E-state index contributed by atoms with van der Waals surface area (Å²) < 4.78 is 15.2. The summed E-state index contributed by atoms with van der Waals surface area (Å²) in [7, 11) is 1.36. The maximum absolute atomic E-state index is 12.6. The quantitative estimate of drug-likeness (QED) is 0.234. The SMILES string of the molecule is CCOC(=O)c1ccc(C(=O)OCC)c(NC(=S)Nc2sc3c(c2C(=O)OC)CCCCC3)c1. The van der Waals surface area contributed by atoms with Crippen molar-refractivity contribution in [3.05, 3.63) is 45.3 Å². The van der Waals surface area contributed by atoms with Crippen LogP contribution in [0.3, 0.4) is 0 Å². The minimum Gasteiger partial charge on any atom is -0.465 e. The zero-order valence-electron chi connectivity index (χ0n) is 19.4. The van der Waals surface area contributed by atoms with Gasteiger partial charge in [-0.3, -0.25) is 0 Å². The van der Waals surface area contributed by atoms with Gasteiger partial charge >= 0.3 is 17.9 Å². The molecule has 3 rings (SSSR count). The predicted molar refractivity (Wildman–Crippen MR) is 135 cm³/mol. The fourth-order valence-electron chi connectivity index (χ4n) is 3.78. The Morgan fingerprint density at radius 3 is 2.38 bits per heavy atom. The molecule has 0 aliphatic heterocycles. The number of thiophene rings is 1. The number of hydrogen-bond acceptors (Lipinski definition) is 8. The van der Waals surface area contributed by atoms with E-state index in [0.29, 0.717) is 16.3 Å². The van der Waals surface area contributed by atoms with Crippen molar-refractivity contribution in [1.82, 2.24) is 0 Å². The molecule has 0 fully saturated rings. The van der Waals surface area contributed by atoms with Crippen LogP contribution in [0.2, 0.25) is 0 Å². The van der Waals surface area contributed by atoms with E-state index in [1.807, 2.05) is 0 Å². The number of hydrogen-bond donors (Lipinski definition) is 2. The topological polar surface area (TPSA) is 103 Å². The third-order valence-electron chi connectivity index (χ3n) is 5.31. The van der Waals surface area contributed by atoms with Crippen LogP contribution in [0.4, 0.5) is 10.7 Å². The van der Waals surface area contributed by atoms with Gasteiger partial charge in [-0.05, 0) is 75.5 Å². The average molecular weight is 505 g/mol. The Hall–Kier alpha value is -2.98. The van der Waals surface area contributed by atoms with Gasteiger partial charge in [0.1, 0.15) is 5.00 Å². The first kappa shape index (κ1) is 25.6. The summed E-state index contributed by atoms with van der Waals surface area (Å²) in [6.07, 6.45) is 4.92. The van der Waals surface area contributed by atoms with Gasteiger partial charge in [0.25, 0.3) is 0 Å². The molecule has 0 spiro atoms. The normalized spacial score (nSPS) is 12.7. The van der Waals surface area contributed by atoms with E-state index in [2.05, 4.69) is 10.6 Å². The number of esters is 3. The Morgan fingerprint density at radius 1 is 0.971 bits per heavy atom. The summed E-state index contributed by atoms with van der Waals surface area (Å²) in [4.78, 5) is 38.4. The third-order valence-corrected chi connectivity index (χ3v) is 6.72. The second kappa shape index (κ2) is 11.9. The van der Waals surface area contributed by atoms with Crippen LogP contribution in [0.25, 0.3) is 0 Å². The summed E-state index contributed by atoms with van der Waals surface area (Å²) in [6.45, 7) is 3.84. The van der Waals surface area contributed by atoms with Crippen LogP contribution in [-0.2, 0) is 27.1 Å². The van der Waals surface area contributed by atoms with Gasteiger partial charge in [0.05, 0.1) is 42.7 Å². The smallest absolute Gasteiger partial charge is 0.341 e. The molecule has 182 valence electrons. The number of carbonyl (C=O) groups excluding carboxylic acids is 3. The third kappa shape index (κ3) is 5.92. The molecular formula is C24H28N2O6S2. The minimum absolute atomic E-state index is 0.160. The van der Waals surface area contributed by atoms with Crippen LogP contribution in [0.5, 0.6) is 0 Å². The molecule has 8 nitrogen and oxygen atoms in total. The Bertz CT molecular complexity index is 1100. The predicted octanol–water partition coefficient (Wildman–Crippen LogP) is 4.97. The summed E-state index contributed by atoms with van der Waals surface area (Å²) in [5.41, 5.74) is 2.28. The number of carbonyl (C=O) groups is 3. The van der Waals surface area contributed by atoms with Crippen LogP contribution in [-0.4, -0.2) is 43.3 Å². The van der Waals surface area contributed by atoms with Crippen molar-refractivity contribution in [1.29, 1.82) is 0 Å². The highest BCUT2D eigenvalue weighted by Crippen LogP contribution is 2.38. The van der Waals surface area contributed by atoms with E-state index in [1.165, 1.54) is 36.6 Å². The van der Waals surface area contributed by atoms with Crippen molar-refractivity contribution < 1.29 is 28.6 Å². The molecule has 0 saturated heterocycles. The lowest BCUT2D eigenvalue weighted by atomic mass is 10.1. The standard InChI is InChI=1S/C24H28N2O6S2/c1-4-31-21(27)14-11-12-15(22(28)32-5-2)17(13-14)25-24(33)26-20-19(23(29)30-3)16-9-7-6-8-10-18(16)34-20/h11-13H,4-10H2,1-3H3,(H2,25,26,33). The average Bonchev–Trinajstić information content (AvgIpc) is 2.98. The summed E-state index contributed by atoms with van der Waals surface area (Å²) in [5.74, 6) is -1.49. The van der Waals surface area contributed by atoms with Crippen molar-refractivity contribution >= 4 is 57.3 Å². The fourth-order valence-corrected chi connectivity index (χ4v) is 5.34. The highest BCUT2D eigenvalue weighted by atomic mass is 32.1. The van der Waals surface area contributed by atoms with Gasteiger partial charge in [0.15, 0.2) is 5.11 Å². The number of fused-ring (bicyclic) bond motifs is 1. The molecule has 0 amide bonds. The Balaban J connectivity index is 1.90. The number of anilines is 2. The van der Waals surface area contributed by atoms with E-state index in [-0.39, 0.29) is 29.5 Å². The second-order valence-electron chi connectivity index (χ2n) is 7.54. The van der Waals surface area contributed by atoms with Gasteiger partial charge in [-0.25, -0.2) is 14.4 Å². The Morgan fingerprint density at radius 2 is 1.68 bits per heavy atom. The molecule has 0 unspecified atom stereocenters. The minimum atomic E-state index is -0.554. The van der Waals surface area contributed by atoms with E-state index >= 15 is 0 Å². The maximum Gasteiger partial charge on any atom is 0.341 e. The van der Waals surface area contributed by atoms with Crippen LogP contribution in [0, 0.1) is 0 Å². The van der Waals surface area contributed by atoms with Gasteiger partial charge in [0.2, 0.25) is 0 Å². The number of aryl methyl sites for hydroxylation is 1. The molecule has 1 aliphatic rings. The number of nitrogens with one attached hydrogen (secondary N) is 2. The first-order valence-corrected chi connectivity index (χ1v) is 12.4. The van der Waals surface area contributed by atoms with Crippen LogP contribution < -0.4 is 10.6 Å². The van der Waals surface area contributed by atoms with Gasteiger partial charge in [0, 0.05) is 4.88 Å². The first-order chi connectivity index (χ1) is 16.4. The van der Waals surface area contributed by atoms with Gasteiger partial charge in [-0.1, -0.05) is 6.42 Å². The van der Waals surface area contributed by atoms with Crippen molar-refractivity contribution in [2.75, 3.05) is 31.0 Å². The van der Waals surface area contributed by atoms with Gasteiger partial charge in [-0.2, -0.15) is 0 Å². The van der Waals surface area contributed by atoms with Crippen molar-refractivity contribution in [2.24, 2.45) is 0 Å². The maximum atomic E-state index is 12.6. The van der Waals surface area contributed by atoms with Gasteiger partial charge < -0.3 is 24.8 Å². The van der Waals surface area contributed by atoms with E-state index in [1.54, 1.807) is 13.8 Å². The molecule has 10 heteroatoms. The summed E-state index contributed by atoms with van der Waals surface area (Å²) >= 11 is 6.99. The molecule has 0 saturated carbocycles. The molecular weight excluding hydrogens is 476 g/mol. The highest BCUT2D eigenvalue weighted by molar-refractivity contribution is 7.80. The van der Waals surface area contributed by atoms with Crippen molar-refractivity contribution in [3.8, 4) is 0 Å². The van der Waals surface area contributed by atoms with E-state index in [4.69, 9.17) is 26.4 Å². The number of benzene rings is 1. The molecule has 1 aliphatic carbocycles. The van der Waals surface area contributed by atoms with Crippen molar-refractivity contribution in [3.63, 3.8) is 0 Å². The molecule has 1 heterocycles. The highest BCUT2D eigenvalue weighted by Gasteiger charge is 2.26. The number of rotatable bonds is 7. The first-order valence-electron chi connectivity index (χ1n) is 11.2. The van der Waals surface area contributed by atoms with E-state index in [9.17, 15) is 14.4 Å². The van der Waals surface area contributed by atoms with Gasteiger partial charge in [-0.15, -0.1) is 11.3 Å². The Kier molecular flexibility index (Phi) is 9.00. The van der Waals surface area contributed by atoms with Crippen molar-refractivity contribution in [2.45, 2.75) is 46.0 Å². The fraction of sp³-hybridized carbons (Fsp3) is 0.417. The molecule has 2 N–H and O–H groups in total. The van der Waals surface area contributed by atoms with Crippen LogP contribution in [0.15, 0.2) is 18.2 Å². The largest absolute Gasteiger partial charge is 0.465 e. The molecule has 0 bridgehead atoms. The number of thiocarbonyl (C=S) groups is 1. The van der Waals surface area contributed by atoms with E-state index in [0.717, 1.165) is 42.5 Å². The zero-order valence-corrected chi connectivity index (χ0v) is 21.1. The number of methoxy groups -OCH3 is 1. The molecule has 0 radical (unpaired) electrons. The Labute approximate surface area is 208 Å². The van der Waals surface area contributed by atoms with Crippen LogP contribution >= 0.6 is 23.6 Å². The van der Waals surface area contributed by atoms with E-state index < -0.39 is 17.9 Å². The summed E-state index contributed by atoms with van der Waals surface area (Å²) in [5, 5.41) is 6.83. The number of ether oxygens (including phenoxy) is 3. The second-order valence-corrected chi connectivity index (χ2v) is 9.05. The lowest BCUT2D eigenvalue weighted by Crippen LogP contribution is -2.22. The molecule has 1 aromatic heterocycles. The monoisotopic (exact) mass is 504 g/mol. The summed E-state index contributed by atoms with van der Waals surface area (Å²) in [6, 6.07) is 4.48. The molecule has 2 aromatic rings. The molecule has 34 heavy (non-hydrogen) atoms. The lowest BCUT2D eigenvalue weighted by Gasteiger charge is -2.15. The van der Waals surface area contributed by atoms with Crippen LogP contribution in [0.1, 0.15) is 74.6 Å². The molecule has 0 atom stereocenters. The molecule has 1 aromatic carbocycles. The zero-order chi connectivity index (χ0) is 24.7. The lowest BCUT2D eigenvalue weighted by molar-refractivity contribution is 0.0512.